The van der Waals surface area contributed by atoms with Gasteiger partial charge in [0, 0.05) is 30.0 Å². The highest BCUT2D eigenvalue weighted by Crippen LogP contribution is 2.38. The van der Waals surface area contributed by atoms with Crippen LogP contribution in [-0.4, -0.2) is 41.2 Å². The van der Waals surface area contributed by atoms with Gasteiger partial charge in [0.25, 0.3) is 0 Å². The van der Waals surface area contributed by atoms with Crippen molar-refractivity contribution in [1.82, 2.24) is 4.98 Å². The Morgan fingerprint density at radius 3 is 2.26 bits per heavy atom. The number of benzene rings is 3. The highest BCUT2D eigenvalue weighted by molar-refractivity contribution is 5.81. The minimum absolute atomic E-state index is 0. The molecule has 3 saturated heterocycles. The van der Waals surface area contributed by atoms with E-state index in [2.05, 4.69) is 5.32 Å². The summed E-state index contributed by atoms with van der Waals surface area (Å²) >= 11 is 0. The molecule has 196 valence electrons. The van der Waals surface area contributed by atoms with Crippen molar-refractivity contribution in [2.75, 3.05) is 25.0 Å². The molecule has 6 nitrogen and oxygen atoms in total. The summed E-state index contributed by atoms with van der Waals surface area (Å²) in [7, 11) is 0. The molecule has 38 heavy (non-hydrogen) atoms. The van der Waals surface area contributed by atoms with Crippen LogP contribution in [-0.2, 0) is 16.1 Å². The molecule has 4 heterocycles. The molecule has 2 bridgehead atoms. The number of carbonyl (C=O) groups excluding carboxylic acids is 1. The van der Waals surface area contributed by atoms with Gasteiger partial charge in [0.15, 0.2) is 12.1 Å². The second kappa shape index (κ2) is 11.4. The van der Waals surface area contributed by atoms with Gasteiger partial charge in [0.2, 0.25) is 5.89 Å². The molecular weight excluding hydrogens is 498 g/mol. The average molecular weight is 530 g/mol. The van der Waals surface area contributed by atoms with Crippen LogP contribution in [0.4, 0.5) is 5.69 Å². The average Bonchev–Trinajstić information content (AvgIpc) is 3.41. The number of rotatable bonds is 8. The molecule has 3 aliphatic heterocycles. The lowest BCUT2D eigenvalue weighted by atomic mass is 9.83. The van der Waals surface area contributed by atoms with Gasteiger partial charge in [0.1, 0.15) is 25.0 Å². The van der Waals surface area contributed by atoms with E-state index in [1.165, 1.54) is 0 Å². The quantitative estimate of drug-likeness (QED) is 0.281. The molecule has 3 aromatic carbocycles. The molecule has 0 radical (unpaired) electrons. The van der Waals surface area contributed by atoms with E-state index in [0.29, 0.717) is 11.8 Å². The predicted molar refractivity (Wildman–Crippen MR) is 142 cm³/mol. The first-order chi connectivity index (χ1) is 18.2. The van der Waals surface area contributed by atoms with Crippen molar-refractivity contribution in [3.63, 3.8) is 0 Å². The van der Waals surface area contributed by atoms with Gasteiger partial charge in [-0.1, -0.05) is 66.7 Å². The SMILES string of the molecule is O=C(O[C@H]1C[N+]2(Cc3coc(-c4ccccc4)n3)CCC1CC2)[C@H](Nc1ccccc1)c1ccccc1.[Cl-]. The van der Waals surface area contributed by atoms with Crippen molar-refractivity contribution in [2.45, 2.75) is 31.5 Å². The molecule has 3 aliphatic rings. The fourth-order valence-electron chi connectivity index (χ4n) is 5.86. The second-order valence-electron chi connectivity index (χ2n) is 10.3. The third-order valence-electron chi connectivity index (χ3n) is 7.83. The lowest BCUT2D eigenvalue weighted by Gasteiger charge is -2.51. The van der Waals surface area contributed by atoms with E-state index in [0.717, 1.165) is 66.0 Å². The third kappa shape index (κ3) is 5.62. The lowest BCUT2D eigenvalue weighted by Crippen LogP contribution is -3.00. The first kappa shape index (κ1) is 26.0. The molecule has 2 atom stereocenters. The molecule has 3 fully saturated rings. The Kier molecular flexibility index (Phi) is 7.82. The number of hydrogen-bond donors (Lipinski definition) is 1. The fourth-order valence-corrected chi connectivity index (χ4v) is 5.86. The smallest absolute Gasteiger partial charge is 0.333 e. The standard InChI is InChI=1S/C31H32N3O3.ClH/c35-31(29(24-10-4-1-5-11-24)32-26-14-8-3-9-15-26)37-28-21-34(18-16-23(28)17-19-34)20-27-22-36-30(33-27)25-12-6-2-7-13-25;/h1-15,22-23,28-29,32H,16-21H2;1H/q+1;/p-1/t23?,28-,29+,34?;/m0./s1. The number of anilines is 1. The van der Waals surface area contributed by atoms with Crippen LogP contribution in [0.25, 0.3) is 11.5 Å². The molecule has 0 saturated carbocycles. The zero-order valence-electron chi connectivity index (χ0n) is 21.2. The molecule has 0 amide bonds. The summed E-state index contributed by atoms with van der Waals surface area (Å²) in [5.41, 5.74) is 3.73. The lowest BCUT2D eigenvalue weighted by molar-refractivity contribution is -0.958. The number of ether oxygens (including phenoxy) is 1. The minimum atomic E-state index is -0.559. The first-order valence-electron chi connectivity index (χ1n) is 13.1. The predicted octanol–water partition coefficient (Wildman–Crippen LogP) is 2.85. The van der Waals surface area contributed by atoms with Crippen molar-refractivity contribution in [2.24, 2.45) is 5.92 Å². The van der Waals surface area contributed by atoms with Crippen molar-refractivity contribution in [1.29, 1.82) is 0 Å². The van der Waals surface area contributed by atoms with E-state index in [9.17, 15) is 4.79 Å². The van der Waals surface area contributed by atoms with Gasteiger partial charge in [0.05, 0.1) is 13.1 Å². The molecule has 1 N–H and O–H groups in total. The van der Waals surface area contributed by atoms with E-state index in [4.69, 9.17) is 14.1 Å². The zero-order valence-corrected chi connectivity index (χ0v) is 22.0. The van der Waals surface area contributed by atoms with Gasteiger partial charge < -0.3 is 31.4 Å². The summed E-state index contributed by atoms with van der Waals surface area (Å²) in [6, 6.07) is 29.1. The van der Waals surface area contributed by atoms with E-state index in [-0.39, 0.29) is 24.5 Å². The Morgan fingerprint density at radius 2 is 1.58 bits per heavy atom. The van der Waals surface area contributed by atoms with Crippen molar-refractivity contribution in [3.8, 4) is 11.5 Å². The molecule has 7 heteroatoms. The monoisotopic (exact) mass is 529 g/mol. The number of aromatic nitrogens is 1. The Labute approximate surface area is 229 Å². The third-order valence-corrected chi connectivity index (χ3v) is 7.83. The molecule has 1 aromatic heterocycles. The maximum absolute atomic E-state index is 13.6. The Hall–Kier alpha value is -3.61. The number of halogens is 1. The van der Waals surface area contributed by atoms with Crippen LogP contribution in [0.5, 0.6) is 0 Å². The molecule has 0 aliphatic carbocycles. The van der Waals surface area contributed by atoms with E-state index < -0.39 is 6.04 Å². The summed E-state index contributed by atoms with van der Waals surface area (Å²) in [6.45, 7) is 3.77. The molecule has 4 aromatic rings. The normalized spacial score (nSPS) is 22.7. The molecular formula is C31H32ClN3O3. The topological polar surface area (TPSA) is 64.4 Å². The largest absolute Gasteiger partial charge is 1.00 e. The molecule has 0 unspecified atom stereocenters. The number of carbonyl (C=O) groups is 1. The van der Waals surface area contributed by atoms with Crippen LogP contribution >= 0.6 is 0 Å². The highest BCUT2D eigenvalue weighted by Gasteiger charge is 2.48. The number of hydrogen-bond acceptors (Lipinski definition) is 5. The van der Waals surface area contributed by atoms with Crippen molar-refractivity contribution < 1.29 is 30.8 Å². The van der Waals surface area contributed by atoms with Gasteiger partial charge in [-0.3, -0.25) is 0 Å². The number of oxazole rings is 1. The van der Waals surface area contributed by atoms with E-state index in [1.54, 1.807) is 6.26 Å². The Balaban J connectivity index is 0.00000294. The van der Waals surface area contributed by atoms with Crippen LogP contribution in [0.1, 0.15) is 30.1 Å². The number of nitrogens with zero attached hydrogens (tertiary/aromatic N) is 2. The Morgan fingerprint density at radius 1 is 0.947 bits per heavy atom. The molecule has 0 spiro atoms. The van der Waals surface area contributed by atoms with Gasteiger partial charge in [-0.2, -0.15) is 0 Å². The number of quaternary nitrogens is 1. The van der Waals surface area contributed by atoms with Gasteiger partial charge in [-0.25, -0.2) is 9.78 Å². The summed E-state index contributed by atoms with van der Waals surface area (Å²) in [6.07, 6.45) is 3.80. The van der Waals surface area contributed by atoms with Crippen LogP contribution in [0, 0.1) is 5.92 Å². The summed E-state index contributed by atoms with van der Waals surface area (Å²) in [5, 5.41) is 3.39. The van der Waals surface area contributed by atoms with Gasteiger partial charge in [-0.15, -0.1) is 0 Å². The van der Waals surface area contributed by atoms with Crippen molar-refractivity contribution in [3.05, 3.63) is 109 Å². The highest BCUT2D eigenvalue weighted by atomic mass is 35.5. The number of para-hydroxylation sites is 1. The van der Waals surface area contributed by atoms with Crippen LogP contribution in [0.3, 0.4) is 0 Å². The van der Waals surface area contributed by atoms with Crippen LogP contribution in [0.15, 0.2) is 102 Å². The number of fused-ring (bicyclic) bond motifs is 3. The van der Waals surface area contributed by atoms with Crippen LogP contribution < -0.4 is 17.7 Å². The van der Waals surface area contributed by atoms with E-state index in [1.807, 2.05) is 91.0 Å². The van der Waals surface area contributed by atoms with Gasteiger partial charge in [-0.05, 0) is 29.8 Å². The summed E-state index contributed by atoms with van der Waals surface area (Å²) in [5.74, 6) is 0.843. The van der Waals surface area contributed by atoms with E-state index >= 15 is 0 Å². The molecule has 7 rings (SSSR count). The van der Waals surface area contributed by atoms with Crippen molar-refractivity contribution >= 4 is 11.7 Å². The zero-order chi connectivity index (χ0) is 25.1. The maximum Gasteiger partial charge on any atom is 0.333 e. The summed E-state index contributed by atoms with van der Waals surface area (Å²) < 4.78 is 13.0. The second-order valence-corrected chi connectivity index (χ2v) is 10.3. The Bertz CT molecular complexity index is 1320. The fraction of sp³-hybridized carbons (Fsp3) is 0.290. The number of nitrogens with one attached hydrogen (secondary N) is 1. The van der Waals surface area contributed by atoms with Crippen LogP contribution in [0.2, 0.25) is 0 Å². The minimum Gasteiger partial charge on any atom is -1.00 e. The summed E-state index contributed by atoms with van der Waals surface area (Å²) in [4.78, 5) is 18.4. The maximum atomic E-state index is 13.6. The number of piperidine rings is 3. The van der Waals surface area contributed by atoms with Gasteiger partial charge >= 0.3 is 5.97 Å². The number of esters is 1. The first-order valence-corrected chi connectivity index (χ1v) is 13.1.